The number of hydrogen-bond acceptors (Lipinski definition) is 4. The zero-order chi connectivity index (χ0) is 14.4. The third kappa shape index (κ3) is 4.47. The summed E-state index contributed by atoms with van der Waals surface area (Å²) in [5, 5.41) is 8.88. The summed E-state index contributed by atoms with van der Waals surface area (Å²) in [4.78, 5) is 16.0. The molecule has 1 fully saturated rings. The summed E-state index contributed by atoms with van der Waals surface area (Å²) in [7, 11) is 0. The molecule has 1 aromatic rings. The van der Waals surface area contributed by atoms with E-state index in [-0.39, 0.29) is 19.1 Å². The van der Waals surface area contributed by atoms with E-state index in [0.29, 0.717) is 25.4 Å². The highest BCUT2D eigenvalue weighted by Crippen LogP contribution is 2.16. The Balaban J connectivity index is 1.74. The number of piperazine rings is 1. The van der Waals surface area contributed by atoms with Crippen LogP contribution in [-0.4, -0.2) is 66.8 Å². The molecule has 110 valence electrons. The molecule has 1 aromatic carbocycles. The van der Waals surface area contributed by atoms with E-state index in [4.69, 9.17) is 9.84 Å². The Labute approximate surface area is 127 Å². The van der Waals surface area contributed by atoms with Crippen molar-refractivity contribution in [1.82, 2.24) is 9.80 Å². The predicted octanol–water partition coefficient (Wildman–Crippen LogP) is 0.964. The standard InChI is InChI=1S/C14H19BrN2O3/c15-12-1-3-13(4-2-12)20-11-14(19)17-7-5-16(6-8-17)9-10-18/h1-4,18H,5-11H2. The van der Waals surface area contributed by atoms with Crippen molar-refractivity contribution in [2.24, 2.45) is 0 Å². The van der Waals surface area contributed by atoms with E-state index in [2.05, 4.69) is 20.8 Å². The number of ether oxygens (including phenoxy) is 1. The van der Waals surface area contributed by atoms with Gasteiger partial charge in [-0.1, -0.05) is 15.9 Å². The van der Waals surface area contributed by atoms with Crippen molar-refractivity contribution in [3.63, 3.8) is 0 Å². The molecular formula is C14H19BrN2O3. The van der Waals surface area contributed by atoms with Crippen molar-refractivity contribution in [2.75, 3.05) is 45.9 Å². The number of carbonyl (C=O) groups is 1. The molecule has 0 radical (unpaired) electrons. The molecule has 5 nitrogen and oxygen atoms in total. The minimum absolute atomic E-state index is 0.0107. The summed E-state index contributed by atoms with van der Waals surface area (Å²) in [5.41, 5.74) is 0. The Morgan fingerprint density at radius 2 is 1.85 bits per heavy atom. The van der Waals surface area contributed by atoms with Crippen LogP contribution in [0.25, 0.3) is 0 Å². The number of rotatable bonds is 5. The van der Waals surface area contributed by atoms with Crippen LogP contribution in [0.2, 0.25) is 0 Å². The lowest BCUT2D eigenvalue weighted by Gasteiger charge is -2.34. The van der Waals surface area contributed by atoms with Crippen LogP contribution in [0.4, 0.5) is 0 Å². The molecule has 0 saturated carbocycles. The van der Waals surface area contributed by atoms with Crippen molar-refractivity contribution in [3.8, 4) is 5.75 Å². The Morgan fingerprint density at radius 1 is 1.20 bits per heavy atom. The fourth-order valence-corrected chi connectivity index (χ4v) is 2.39. The number of amides is 1. The minimum Gasteiger partial charge on any atom is -0.484 e. The van der Waals surface area contributed by atoms with Crippen LogP contribution in [-0.2, 0) is 4.79 Å². The lowest BCUT2D eigenvalue weighted by molar-refractivity contribution is -0.135. The number of nitrogens with zero attached hydrogens (tertiary/aromatic N) is 2. The van der Waals surface area contributed by atoms with Crippen molar-refractivity contribution in [3.05, 3.63) is 28.7 Å². The zero-order valence-electron chi connectivity index (χ0n) is 11.3. The Morgan fingerprint density at radius 3 is 2.45 bits per heavy atom. The largest absolute Gasteiger partial charge is 0.484 e. The number of benzene rings is 1. The molecule has 0 spiro atoms. The van der Waals surface area contributed by atoms with Crippen molar-refractivity contribution in [2.45, 2.75) is 0 Å². The number of carbonyl (C=O) groups excluding carboxylic acids is 1. The van der Waals surface area contributed by atoms with E-state index >= 15 is 0 Å². The molecule has 1 aliphatic rings. The van der Waals surface area contributed by atoms with Crippen LogP contribution in [0.3, 0.4) is 0 Å². The molecular weight excluding hydrogens is 324 g/mol. The molecule has 1 heterocycles. The maximum Gasteiger partial charge on any atom is 0.260 e. The number of aliphatic hydroxyl groups is 1. The maximum absolute atomic E-state index is 12.0. The zero-order valence-corrected chi connectivity index (χ0v) is 12.9. The van der Waals surface area contributed by atoms with Crippen LogP contribution in [0.5, 0.6) is 5.75 Å². The van der Waals surface area contributed by atoms with Gasteiger partial charge in [-0.05, 0) is 24.3 Å². The quantitative estimate of drug-likeness (QED) is 0.866. The van der Waals surface area contributed by atoms with Crippen LogP contribution >= 0.6 is 15.9 Å². The lowest BCUT2D eigenvalue weighted by Crippen LogP contribution is -2.50. The van der Waals surface area contributed by atoms with Crippen LogP contribution in [0.15, 0.2) is 28.7 Å². The van der Waals surface area contributed by atoms with Crippen molar-refractivity contribution < 1.29 is 14.6 Å². The van der Waals surface area contributed by atoms with Crippen LogP contribution in [0, 0.1) is 0 Å². The van der Waals surface area contributed by atoms with Gasteiger partial charge in [0.05, 0.1) is 6.61 Å². The molecule has 0 atom stereocenters. The van der Waals surface area contributed by atoms with E-state index in [1.54, 1.807) is 0 Å². The van der Waals surface area contributed by atoms with Gasteiger partial charge in [-0.15, -0.1) is 0 Å². The van der Waals surface area contributed by atoms with Gasteiger partial charge in [-0.25, -0.2) is 0 Å². The third-order valence-electron chi connectivity index (χ3n) is 3.32. The summed E-state index contributed by atoms with van der Waals surface area (Å²) < 4.78 is 6.47. The Hall–Kier alpha value is -1.11. The highest BCUT2D eigenvalue weighted by atomic mass is 79.9. The van der Waals surface area contributed by atoms with Gasteiger partial charge in [0.15, 0.2) is 6.61 Å². The van der Waals surface area contributed by atoms with Gasteiger partial charge in [0.1, 0.15) is 5.75 Å². The second-order valence-corrected chi connectivity index (χ2v) is 5.60. The lowest BCUT2D eigenvalue weighted by atomic mass is 10.3. The van der Waals surface area contributed by atoms with Crippen molar-refractivity contribution in [1.29, 1.82) is 0 Å². The number of β-amino-alcohol motifs (C(OH)–C–C–N with tert-alkyl or cyclic N) is 1. The first kappa shape index (κ1) is 15.3. The molecule has 20 heavy (non-hydrogen) atoms. The first-order valence-electron chi connectivity index (χ1n) is 6.68. The fraction of sp³-hybridized carbons (Fsp3) is 0.500. The molecule has 1 amide bonds. The Bertz CT molecular complexity index is 431. The van der Waals surface area contributed by atoms with E-state index in [9.17, 15) is 4.79 Å². The molecule has 0 bridgehead atoms. The highest BCUT2D eigenvalue weighted by Gasteiger charge is 2.20. The molecule has 1 aliphatic heterocycles. The molecule has 0 aromatic heterocycles. The summed E-state index contributed by atoms with van der Waals surface area (Å²) in [6, 6.07) is 7.42. The van der Waals surface area contributed by atoms with Gasteiger partial charge in [-0.3, -0.25) is 9.69 Å². The monoisotopic (exact) mass is 342 g/mol. The summed E-state index contributed by atoms with van der Waals surface area (Å²) in [6.45, 7) is 3.93. The average molecular weight is 343 g/mol. The van der Waals surface area contributed by atoms with Gasteiger partial charge < -0.3 is 14.7 Å². The van der Waals surface area contributed by atoms with Gasteiger partial charge in [0.2, 0.25) is 0 Å². The first-order valence-corrected chi connectivity index (χ1v) is 7.47. The fourth-order valence-electron chi connectivity index (χ4n) is 2.13. The second kappa shape index (κ2) is 7.61. The van der Waals surface area contributed by atoms with Crippen LogP contribution < -0.4 is 4.74 Å². The average Bonchev–Trinajstić information content (AvgIpc) is 2.47. The van der Waals surface area contributed by atoms with E-state index < -0.39 is 0 Å². The van der Waals surface area contributed by atoms with Crippen molar-refractivity contribution >= 4 is 21.8 Å². The molecule has 0 aliphatic carbocycles. The third-order valence-corrected chi connectivity index (χ3v) is 3.85. The molecule has 1 N–H and O–H groups in total. The second-order valence-electron chi connectivity index (χ2n) is 4.69. The molecule has 2 rings (SSSR count). The van der Waals surface area contributed by atoms with Crippen LogP contribution in [0.1, 0.15) is 0 Å². The van der Waals surface area contributed by atoms with Gasteiger partial charge in [-0.2, -0.15) is 0 Å². The summed E-state index contributed by atoms with van der Waals surface area (Å²) >= 11 is 3.35. The predicted molar refractivity (Wildman–Crippen MR) is 79.7 cm³/mol. The smallest absolute Gasteiger partial charge is 0.260 e. The van der Waals surface area contributed by atoms with Gasteiger partial charge >= 0.3 is 0 Å². The molecule has 1 saturated heterocycles. The SMILES string of the molecule is O=C(COc1ccc(Br)cc1)N1CCN(CCO)CC1. The van der Waals surface area contributed by atoms with Gasteiger partial charge in [0.25, 0.3) is 5.91 Å². The van der Waals surface area contributed by atoms with E-state index in [1.165, 1.54) is 0 Å². The van der Waals surface area contributed by atoms with Gasteiger partial charge in [0, 0.05) is 37.2 Å². The number of aliphatic hydroxyl groups excluding tert-OH is 1. The van der Waals surface area contributed by atoms with E-state index in [1.807, 2.05) is 29.2 Å². The normalized spacial score (nSPS) is 16.2. The summed E-state index contributed by atoms with van der Waals surface area (Å²) in [5.74, 6) is 0.706. The molecule has 6 heteroatoms. The number of hydrogen-bond donors (Lipinski definition) is 1. The Kier molecular flexibility index (Phi) is 5.82. The topological polar surface area (TPSA) is 53.0 Å². The maximum atomic E-state index is 12.0. The highest BCUT2D eigenvalue weighted by molar-refractivity contribution is 9.10. The molecule has 0 unspecified atom stereocenters. The first-order chi connectivity index (χ1) is 9.69. The summed E-state index contributed by atoms with van der Waals surface area (Å²) in [6.07, 6.45) is 0. The minimum atomic E-state index is 0.0107. The number of halogens is 1. The van der Waals surface area contributed by atoms with E-state index in [0.717, 1.165) is 17.6 Å².